The number of hydrogen-bond donors (Lipinski definition) is 1. The SMILES string of the molecule is CCC(C)N1CCN(C(CN)c2ccc(C)cc2)CC1. The van der Waals surface area contributed by atoms with Gasteiger partial charge in [-0.15, -0.1) is 0 Å². The lowest BCUT2D eigenvalue weighted by molar-refractivity contribution is 0.0743. The van der Waals surface area contributed by atoms with Gasteiger partial charge in [-0.3, -0.25) is 9.80 Å². The van der Waals surface area contributed by atoms with E-state index in [4.69, 9.17) is 5.73 Å². The third-order valence-corrected chi connectivity index (χ3v) is 4.69. The first-order valence-corrected chi connectivity index (χ1v) is 7.90. The summed E-state index contributed by atoms with van der Waals surface area (Å²) in [5, 5.41) is 0. The fourth-order valence-electron chi connectivity index (χ4n) is 3.03. The Morgan fingerprint density at radius 3 is 2.10 bits per heavy atom. The molecule has 3 nitrogen and oxygen atoms in total. The summed E-state index contributed by atoms with van der Waals surface area (Å²) in [5.41, 5.74) is 8.71. The van der Waals surface area contributed by atoms with E-state index in [-0.39, 0.29) is 0 Å². The van der Waals surface area contributed by atoms with Gasteiger partial charge in [0.05, 0.1) is 0 Å². The Hall–Kier alpha value is -0.900. The van der Waals surface area contributed by atoms with Gasteiger partial charge in [0.25, 0.3) is 0 Å². The predicted octanol–water partition coefficient (Wildman–Crippen LogP) is 2.41. The Labute approximate surface area is 123 Å². The topological polar surface area (TPSA) is 32.5 Å². The van der Waals surface area contributed by atoms with Gasteiger partial charge in [0.1, 0.15) is 0 Å². The standard InChI is InChI=1S/C17H29N3/c1-4-15(3)19-9-11-20(12-10-19)17(13-18)16-7-5-14(2)6-8-16/h5-8,15,17H,4,9-13,18H2,1-3H3. The maximum atomic E-state index is 6.04. The van der Waals surface area contributed by atoms with Crippen molar-refractivity contribution >= 4 is 0 Å². The van der Waals surface area contributed by atoms with Crippen LogP contribution < -0.4 is 5.73 Å². The molecule has 1 aliphatic heterocycles. The molecule has 0 spiro atoms. The van der Waals surface area contributed by atoms with Gasteiger partial charge in [-0.05, 0) is 25.8 Å². The first kappa shape index (κ1) is 15.5. The van der Waals surface area contributed by atoms with Crippen LogP contribution >= 0.6 is 0 Å². The molecular weight excluding hydrogens is 246 g/mol. The van der Waals surface area contributed by atoms with Crippen LogP contribution in [0.25, 0.3) is 0 Å². The summed E-state index contributed by atoms with van der Waals surface area (Å²) in [6.07, 6.45) is 1.23. The first-order chi connectivity index (χ1) is 9.65. The van der Waals surface area contributed by atoms with Crippen molar-refractivity contribution in [3.63, 3.8) is 0 Å². The molecule has 0 saturated carbocycles. The highest BCUT2D eigenvalue weighted by atomic mass is 15.3. The lowest BCUT2D eigenvalue weighted by atomic mass is 10.0. The second-order valence-corrected chi connectivity index (χ2v) is 5.99. The highest BCUT2D eigenvalue weighted by Crippen LogP contribution is 2.22. The summed E-state index contributed by atoms with van der Waals surface area (Å²) >= 11 is 0. The predicted molar refractivity (Wildman–Crippen MR) is 85.9 cm³/mol. The van der Waals surface area contributed by atoms with E-state index in [0.717, 1.165) is 26.2 Å². The number of benzene rings is 1. The molecule has 1 aromatic carbocycles. The van der Waals surface area contributed by atoms with Crippen molar-refractivity contribution in [3.05, 3.63) is 35.4 Å². The summed E-state index contributed by atoms with van der Waals surface area (Å²) in [7, 11) is 0. The van der Waals surface area contributed by atoms with Crippen molar-refractivity contribution in [2.45, 2.75) is 39.3 Å². The zero-order valence-corrected chi connectivity index (χ0v) is 13.2. The number of hydrogen-bond acceptors (Lipinski definition) is 3. The Morgan fingerprint density at radius 2 is 1.60 bits per heavy atom. The molecule has 0 aromatic heterocycles. The van der Waals surface area contributed by atoms with Gasteiger partial charge < -0.3 is 5.73 Å². The molecule has 0 radical (unpaired) electrons. The molecule has 0 bridgehead atoms. The molecule has 1 saturated heterocycles. The Balaban J connectivity index is 1.98. The molecule has 2 N–H and O–H groups in total. The normalized spacial score (nSPS) is 20.8. The van der Waals surface area contributed by atoms with Crippen LogP contribution in [0, 0.1) is 6.92 Å². The lowest BCUT2D eigenvalue weighted by Gasteiger charge is -2.41. The quantitative estimate of drug-likeness (QED) is 0.895. The maximum absolute atomic E-state index is 6.04. The zero-order chi connectivity index (χ0) is 14.5. The number of nitrogens with zero attached hydrogens (tertiary/aromatic N) is 2. The molecule has 112 valence electrons. The van der Waals surface area contributed by atoms with Crippen LogP contribution in [0.4, 0.5) is 0 Å². The number of aryl methyl sites for hydroxylation is 1. The molecule has 3 heteroatoms. The molecule has 2 atom stereocenters. The van der Waals surface area contributed by atoms with E-state index in [1.54, 1.807) is 0 Å². The van der Waals surface area contributed by atoms with Crippen molar-refractivity contribution in [1.82, 2.24) is 9.80 Å². The molecule has 1 heterocycles. The third kappa shape index (κ3) is 3.60. The minimum absolute atomic E-state index is 0.370. The van der Waals surface area contributed by atoms with Crippen LogP contribution in [0.2, 0.25) is 0 Å². The van der Waals surface area contributed by atoms with Gasteiger partial charge in [-0.25, -0.2) is 0 Å². The average Bonchev–Trinajstić information content (AvgIpc) is 2.50. The van der Waals surface area contributed by atoms with Gasteiger partial charge in [0.2, 0.25) is 0 Å². The van der Waals surface area contributed by atoms with Crippen LogP contribution in [0.5, 0.6) is 0 Å². The highest BCUT2D eigenvalue weighted by Gasteiger charge is 2.25. The van der Waals surface area contributed by atoms with E-state index < -0.39 is 0 Å². The Kier molecular flexibility index (Phi) is 5.58. The van der Waals surface area contributed by atoms with Gasteiger partial charge >= 0.3 is 0 Å². The molecule has 1 fully saturated rings. The summed E-state index contributed by atoms with van der Waals surface area (Å²) in [6.45, 7) is 12.0. The molecular formula is C17H29N3. The van der Waals surface area contributed by atoms with Crippen molar-refractivity contribution in [1.29, 1.82) is 0 Å². The fourth-order valence-corrected chi connectivity index (χ4v) is 3.03. The minimum Gasteiger partial charge on any atom is -0.329 e. The smallest absolute Gasteiger partial charge is 0.0471 e. The summed E-state index contributed by atoms with van der Waals surface area (Å²) in [5.74, 6) is 0. The lowest BCUT2D eigenvalue weighted by Crippen LogP contribution is -2.51. The Bertz CT molecular complexity index is 393. The molecule has 20 heavy (non-hydrogen) atoms. The van der Waals surface area contributed by atoms with E-state index in [0.29, 0.717) is 18.6 Å². The highest BCUT2D eigenvalue weighted by molar-refractivity contribution is 5.24. The maximum Gasteiger partial charge on any atom is 0.0471 e. The number of piperazine rings is 1. The minimum atomic E-state index is 0.370. The van der Waals surface area contributed by atoms with Crippen molar-refractivity contribution in [2.75, 3.05) is 32.7 Å². The van der Waals surface area contributed by atoms with E-state index in [2.05, 4.69) is 54.8 Å². The van der Waals surface area contributed by atoms with E-state index in [1.165, 1.54) is 17.5 Å². The van der Waals surface area contributed by atoms with Crippen LogP contribution in [-0.4, -0.2) is 48.6 Å². The molecule has 0 amide bonds. The summed E-state index contributed by atoms with van der Waals surface area (Å²) in [4.78, 5) is 5.14. The number of nitrogens with two attached hydrogens (primary N) is 1. The van der Waals surface area contributed by atoms with Gasteiger partial charge in [-0.1, -0.05) is 36.8 Å². The zero-order valence-electron chi connectivity index (χ0n) is 13.2. The first-order valence-electron chi connectivity index (χ1n) is 7.90. The molecule has 1 aromatic rings. The van der Waals surface area contributed by atoms with Gasteiger partial charge in [0, 0.05) is 44.8 Å². The fraction of sp³-hybridized carbons (Fsp3) is 0.647. The van der Waals surface area contributed by atoms with E-state index in [9.17, 15) is 0 Å². The third-order valence-electron chi connectivity index (χ3n) is 4.69. The van der Waals surface area contributed by atoms with Crippen LogP contribution in [0.15, 0.2) is 24.3 Å². The van der Waals surface area contributed by atoms with Crippen molar-refractivity contribution in [2.24, 2.45) is 5.73 Å². The van der Waals surface area contributed by atoms with Crippen LogP contribution in [0.3, 0.4) is 0 Å². The van der Waals surface area contributed by atoms with Gasteiger partial charge in [0.15, 0.2) is 0 Å². The van der Waals surface area contributed by atoms with E-state index >= 15 is 0 Å². The van der Waals surface area contributed by atoms with Crippen LogP contribution in [0.1, 0.15) is 37.4 Å². The number of rotatable bonds is 5. The monoisotopic (exact) mass is 275 g/mol. The van der Waals surface area contributed by atoms with Crippen LogP contribution in [-0.2, 0) is 0 Å². The molecule has 2 rings (SSSR count). The Morgan fingerprint density at radius 1 is 1.05 bits per heavy atom. The second-order valence-electron chi connectivity index (χ2n) is 5.99. The van der Waals surface area contributed by atoms with Gasteiger partial charge in [-0.2, -0.15) is 0 Å². The summed E-state index contributed by atoms with van der Waals surface area (Å²) in [6, 6.07) is 9.91. The summed E-state index contributed by atoms with van der Waals surface area (Å²) < 4.78 is 0. The molecule has 2 unspecified atom stereocenters. The molecule has 0 aliphatic carbocycles. The second kappa shape index (κ2) is 7.21. The molecule has 1 aliphatic rings. The van der Waals surface area contributed by atoms with Crippen molar-refractivity contribution < 1.29 is 0 Å². The van der Waals surface area contributed by atoms with Crippen molar-refractivity contribution in [3.8, 4) is 0 Å². The average molecular weight is 275 g/mol. The van der Waals surface area contributed by atoms with E-state index in [1.807, 2.05) is 0 Å². The largest absolute Gasteiger partial charge is 0.329 e.